The summed E-state index contributed by atoms with van der Waals surface area (Å²) in [7, 11) is 3.65. The second-order valence-electron chi connectivity index (χ2n) is 4.81. The minimum Gasteiger partial charge on any atom is -0.317 e. The number of likely N-dealkylation sites (N-methyl/N-ethyl adjacent to an activating group) is 1. The van der Waals surface area contributed by atoms with Gasteiger partial charge in [0.05, 0.1) is 4.92 Å². The predicted octanol–water partition coefficient (Wildman–Crippen LogP) is 1.99. The van der Waals surface area contributed by atoms with Crippen LogP contribution in [0.25, 0.3) is 0 Å². The lowest BCUT2D eigenvalue weighted by Gasteiger charge is -2.13. The molecule has 1 atom stereocenters. The molecule has 1 unspecified atom stereocenters. The minimum atomic E-state index is -0.306. The van der Waals surface area contributed by atoms with Gasteiger partial charge in [0.2, 0.25) is 0 Å². The van der Waals surface area contributed by atoms with Crippen molar-refractivity contribution in [1.82, 2.24) is 15.1 Å². The molecule has 0 radical (unpaired) electrons. The summed E-state index contributed by atoms with van der Waals surface area (Å²) < 4.78 is 1.65. The first-order valence-corrected chi connectivity index (χ1v) is 6.29. The molecular weight excluding hydrogens is 232 g/mol. The molecule has 0 aromatic carbocycles. The van der Waals surface area contributed by atoms with Crippen molar-refractivity contribution in [2.45, 2.75) is 45.6 Å². The molecule has 0 bridgehead atoms. The highest BCUT2D eigenvalue weighted by molar-refractivity contribution is 5.43. The number of nitrogens with one attached hydrogen (secondary N) is 1. The SMILES string of the molecule is CCC(Cc1c([N+](=O)[O-])c(C(C)C)nn1C)NC. The van der Waals surface area contributed by atoms with Crippen molar-refractivity contribution in [1.29, 1.82) is 0 Å². The summed E-state index contributed by atoms with van der Waals surface area (Å²) >= 11 is 0. The molecule has 6 nitrogen and oxygen atoms in total. The van der Waals surface area contributed by atoms with Crippen LogP contribution in [0.5, 0.6) is 0 Å². The molecule has 0 saturated carbocycles. The number of nitrogens with zero attached hydrogens (tertiary/aromatic N) is 3. The Morgan fingerprint density at radius 2 is 2.11 bits per heavy atom. The van der Waals surface area contributed by atoms with Crippen LogP contribution in [0.3, 0.4) is 0 Å². The van der Waals surface area contributed by atoms with E-state index >= 15 is 0 Å². The summed E-state index contributed by atoms with van der Waals surface area (Å²) in [6, 6.07) is 0.235. The van der Waals surface area contributed by atoms with Gasteiger partial charge in [-0.05, 0) is 13.5 Å². The Morgan fingerprint density at radius 3 is 2.50 bits per heavy atom. The van der Waals surface area contributed by atoms with Crippen LogP contribution in [-0.4, -0.2) is 27.8 Å². The van der Waals surface area contributed by atoms with Crippen LogP contribution in [0.2, 0.25) is 0 Å². The highest BCUT2D eigenvalue weighted by Gasteiger charge is 2.29. The molecule has 102 valence electrons. The van der Waals surface area contributed by atoms with Crippen molar-refractivity contribution in [3.05, 3.63) is 21.5 Å². The van der Waals surface area contributed by atoms with Crippen LogP contribution in [0.15, 0.2) is 0 Å². The number of rotatable bonds is 6. The first-order valence-electron chi connectivity index (χ1n) is 6.29. The zero-order valence-electron chi connectivity index (χ0n) is 11.7. The molecule has 1 aromatic heterocycles. The molecule has 0 aliphatic heterocycles. The van der Waals surface area contributed by atoms with Crippen LogP contribution in [-0.2, 0) is 13.5 Å². The third-order valence-electron chi connectivity index (χ3n) is 3.23. The van der Waals surface area contributed by atoms with E-state index in [1.807, 2.05) is 20.9 Å². The van der Waals surface area contributed by atoms with Crippen LogP contribution >= 0.6 is 0 Å². The fourth-order valence-electron chi connectivity index (χ4n) is 2.07. The number of nitro groups is 1. The first-order chi connectivity index (χ1) is 8.42. The zero-order valence-corrected chi connectivity index (χ0v) is 11.7. The largest absolute Gasteiger partial charge is 0.317 e. The summed E-state index contributed by atoms with van der Waals surface area (Å²) in [5.41, 5.74) is 1.45. The quantitative estimate of drug-likeness (QED) is 0.622. The first kappa shape index (κ1) is 14.6. The van der Waals surface area contributed by atoms with Gasteiger partial charge in [0.15, 0.2) is 0 Å². The maximum absolute atomic E-state index is 11.3. The van der Waals surface area contributed by atoms with Gasteiger partial charge in [-0.1, -0.05) is 20.8 Å². The maximum atomic E-state index is 11.3. The van der Waals surface area contributed by atoms with Gasteiger partial charge in [0, 0.05) is 25.4 Å². The maximum Gasteiger partial charge on any atom is 0.313 e. The number of aromatic nitrogens is 2. The average molecular weight is 254 g/mol. The van der Waals surface area contributed by atoms with Crippen molar-refractivity contribution in [3.63, 3.8) is 0 Å². The molecule has 6 heteroatoms. The molecule has 1 aromatic rings. The molecule has 1 heterocycles. The van der Waals surface area contributed by atoms with E-state index < -0.39 is 0 Å². The van der Waals surface area contributed by atoms with Crippen LogP contribution < -0.4 is 5.32 Å². The summed E-state index contributed by atoms with van der Waals surface area (Å²) in [6.07, 6.45) is 1.55. The molecule has 1 rings (SSSR count). The van der Waals surface area contributed by atoms with E-state index in [0.717, 1.165) is 6.42 Å². The third-order valence-corrected chi connectivity index (χ3v) is 3.23. The van der Waals surface area contributed by atoms with E-state index in [4.69, 9.17) is 0 Å². The minimum absolute atomic E-state index is 0.0556. The van der Waals surface area contributed by atoms with Crippen molar-refractivity contribution < 1.29 is 4.92 Å². The fraction of sp³-hybridized carbons (Fsp3) is 0.750. The lowest BCUT2D eigenvalue weighted by Crippen LogP contribution is -2.27. The van der Waals surface area contributed by atoms with Crippen LogP contribution in [0.1, 0.15) is 44.5 Å². The predicted molar refractivity (Wildman–Crippen MR) is 70.8 cm³/mol. The zero-order chi connectivity index (χ0) is 13.9. The lowest BCUT2D eigenvalue weighted by molar-refractivity contribution is -0.386. The Balaban J connectivity index is 3.21. The van der Waals surface area contributed by atoms with Gasteiger partial charge in [0.1, 0.15) is 11.4 Å². The normalized spacial score (nSPS) is 13.0. The summed E-state index contributed by atoms with van der Waals surface area (Å²) in [4.78, 5) is 10.9. The summed E-state index contributed by atoms with van der Waals surface area (Å²) in [5.74, 6) is 0.0556. The van der Waals surface area contributed by atoms with Gasteiger partial charge in [-0.15, -0.1) is 0 Å². The van der Waals surface area contributed by atoms with Crippen molar-refractivity contribution in [2.24, 2.45) is 7.05 Å². The highest BCUT2D eigenvalue weighted by Crippen LogP contribution is 2.29. The lowest BCUT2D eigenvalue weighted by atomic mass is 10.0. The van der Waals surface area contributed by atoms with E-state index in [9.17, 15) is 10.1 Å². The van der Waals surface area contributed by atoms with E-state index in [2.05, 4.69) is 17.3 Å². The van der Waals surface area contributed by atoms with Crippen molar-refractivity contribution in [3.8, 4) is 0 Å². The van der Waals surface area contributed by atoms with Gasteiger partial charge in [-0.3, -0.25) is 14.8 Å². The smallest absolute Gasteiger partial charge is 0.313 e. The van der Waals surface area contributed by atoms with Crippen molar-refractivity contribution in [2.75, 3.05) is 7.05 Å². The monoisotopic (exact) mass is 254 g/mol. The molecule has 0 saturated heterocycles. The Hall–Kier alpha value is -1.43. The molecule has 0 aliphatic rings. The fourth-order valence-corrected chi connectivity index (χ4v) is 2.07. The molecular formula is C12H22N4O2. The van der Waals surface area contributed by atoms with Gasteiger partial charge >= 0.3 is 5.69 Å². The molecule has 0 spiro atoms. The Labute approximate surface area is 108 Å². The van der Waals surface area contributed by atoms with Crippen molar-refractivity contribution >= 4 is 5.69 Å². The Kier molecular flexibility index (Phi) is 4.84. The molecule has 0 fully saturated rings. The van der Waals surface area contributed by atoms with Gasteiger partial charge in [-0.2, -0.15) is 5.10 Å². The second-order valence-corrected chi connectivity index (χ2v) is 4.81. The molecule has 0 aliphatic carbocycles. The average Bonchev–Trinajstić information content (AvgIpc) is 2.63. The molecule has 0 amide bonds. The van der Waals surface area contributed by atoms with Gasteiger partial charge in [0.25, 0.3) is 0 Å². The summed E-state index contributed by atoms with van der Waals surface area (Å²) in [6.45, 7) is 5.91. The number of hydrogen-bond donors (Lipinski definition) is 1. The van der Waals surface area contributed by atoms with E-state index in [1.165, 1.54) is 0 Å². The molecule has 1 N–H and O–H groups in total. The van der Waals surface area contributed by atoms with Crippen LogP contribution in [0.4, 0.5) is 5.69 Å². The Morgan fingerprint density at radius 1 is 1.50 bits per heavy atom. The topological polar surface area (TPSA) is 73.0 Å². The highest BCUT2D eigenvalue weighted by atomic mass is 16.6. The summed E-state index contributed by atoms with van der Waals surface area (Å²) in [5, 5.41) is 18.7. The Bertz CT molecular complexity index is 422. The third kappa shape index (κ3) is 2.87. The number of aryl methyl sites for hydroxylation is 1. The van der Waals surface area contributed by atoms with E-state index in [-0.39, 0.29) is 22.6 Å². The van der Waals surface area contributed by atoms with E-state index in [0.29, 0.717) is 17.8 Å². The van der Waals surface area contributed by atoms with E-state index in [1.54, 1.807) is 11.7 Å². The van der Waals surface area contributed by atoms with Gasteiger partial charge in [-0.25, -0.2) is 0 Å². The second kappa shape index (κ2) is 5.95. The van der Waals surface area contributed by atoms with Crippen LogP contribution in [0, 0.1) is 10.1 Å². The number of hydrogen-bond acceptors (Lipinski definition) is 4. The standard InChI is InChI=1S/C12H22N4O2/c1-6-9(13-4)7-10-12(16(17)18)11(8(2)3)14-15(10)5/h8-9,13H,6-7H2,1-5H3. The van der Waals surface area contributed by atoms with Gasteiger partial charge < -0.3 is 5.32 Å². The molecule has 18 heavy (non-hydrogen) atoms.